The predicted octanol–water partition coefficient (Wildman–Crippen LogP) is -0.378. The Morgan fingerprint density at radius 2 is 2.44 bits per heavy atom. The molecule has 1 aromatic rings. The maximum Gasteiger partial charge on any atom is 0.173 e. The second-order valence-electron chi connectivity index (χ2n) is 3.74. The molecule has 7 nitrogen and oxygen atoms in total. The van der Waals surface area contributed by atoms with E-state index in [0.717, 1.165) is 26.0 Å². The van der Waals surface area contributed by atoms with E-state index < -0.39 is 0 Å². The lowest BCUT2D eigenvalue weighted by atomic mass is 10.2. The molecule has 1 atom stereocenters. The van der Waals surface area contributed by atoms with E-state index in [-0.39, 0.29) is 11.9 Å². The van der Waals surface area contributed by atoms with Gasteiger partial charge in [-0.1, -0.05) is 5.16 Å². The van der Waals surface area contributed by atoms with Gasteiger partial charge in [0.25, 0.3) is 0 Å². The molecule has 4 N–H and O–H groups in total. The Balaban J connectivity index is 1.80. The zero-order valence-electron chi connectivity index (χ0n) is 8.90. The standard InChI is InChI=1S/C9H15N5O2/c10-9(11)8-7(13-16-14-8)5-12-4-6-2-1-3-15-6/h6,12H,1-5H2,(H3,10,11). The highest BCUT2D eigenvalue weighted by atomic mass is 16.6. The molecule has 1 fully saturated rings. The minimum atomic E-state index is -0.129. The largest absolute Gasteiger partial charge is 0.382 e. The minimum absolute atomic E-state index is 0.129. The van der Waals surface area contributed by atoms with Gasteiger partial charge in [0.2, 0.25) is 0 Å². The third-order valence-electron chi connectivity index (χ3n) is 2.50. The van der Waals surface area contributed by atoms with Crippen LogP contribution >= 0.6 is 0 Å². The van der Waals surface area contributed by atoms with Gasteiger partial charge in [0.15, 0.2) is 5.69 Å². The van der Waals surface area contributed by atoms with Crippen molar-refractivity contribution in [3.05, 3.63) is 11.4 Å². The molecule has 16 heavy (non-hydrogen) atoms. The number of rotatable bonds is 5. The molecule has 1 aliphatic heterocycles. The number of aromatic nitrogens is 2. The second kappa shape index (κ2) is 5.04. The van der Waals surface area contributed by atoms with Crippen LogP contribution in [0.2, 0.25) is 0 Å². The first-order chi connectivity index (χ1) is 7.77. The van der Waals surface area contributed by atoms with Crippen molar-refractivity contribution >= 4 is 5.84 Å². The molecule has 88 valence electrons. The number of nitrogens with one attached hydrogen (secondary N) is 2. The molecule has 1 aromatic heterocycles. The minimum Gasteiger partial charge on any atom is -0.382 e. The number of amidine groups is 1. The molecule has 1 aliphatic rings. The Bertz CT molecular complexity index is 359. The van der Waals surface area contributed by atoms with Crippen molar-refractivity contribution in [3.8, 4) is 0 Å². The number of nitrogens with zero attached hydrogens (tertiary/aromatic N) is 2. The molecule has 0 spiro atoms. The van der Waals surface area contributed by atoms with Crippen LogP contribution in [0.3, 0.4) is 0 Å². The molecule has 0 aromatic carbocycles. The topological polar surface area (TPSA) is 110 Å². The molecule has 7 heteroatoms. The Morgan fingerprint density at radius 3 is 3.12 bits per heavy atom. The molecule has 2 rings (SSSR count). The maximum absolute atomic E-state index is 7.26. The zero-order chi connectivity index (χ0) is 11.4. The van der Waals surface area contributed by atoms with Crippen LogP contribution in [0, 0.1) is 5.41 Å². The smallest absolute Gasteiger partial charge is 0.173 e. The number of nitrogens with two attached hydrogens (primary N) is 1. The highest BCUT2D eigenvalue weighted by Crippen LogP contribution is 2.10. The van der Waals surface area contributed by atoms with Crippen molar-refractivity contribution in [1.82, 2.24) is 15.6 Å². The van der Waals surface area contributed by atoms with Crippen LogP contribution < -0.4 is 11.1 Å². The van der Waals surface area contributed by atoms with Gasteiger partial charge in [0.1, 0.15) is 11.5 Å². The third kappa shape index (κ3) is 2.56. The Morgan fingerprint density at radius 1 is 1.56 bits per heavy atom. The Labute approximate surface area is 92.8 Å². The lowest BCUT2D eigenvalue weighted by molar-refractivity contribution is 0.110. The van der Waals surface area contributed by atoms with Crippen molar-refractivity contribution in [3.63, 3.8) is 0 Å². The van der Waals surface area contributed by atoms with Crippen molar-refractivity contribution in [2.45, 2.75) is 25.5 Å². The highest BCUT2D eigenvalue weighted by molar-refractivity contribution is 5.93. The summed E-state index contributed by atoms with van der Waals surface area (Å²) in [6.07, 6.45) is 2.49. The van der Waals surface area contributed by atoms with E-state index in [1.165, 1.54) is 0 Å². The van der Waals surface area contributed by atoms with Crippen LogP contribution in [0.15, 0.2) is 4.63 Å². The second-order valence-corrected chi connectivity index (χ2v) is 3.74. The van der Waals surface area contributed by atoms with E-state index in [9.17, 15) is 0 Å². The third-order valence-corrected chi connectivity index (χ3v) is 2.50. The van der Waals surface area contributed by atoms with E-state index in [4.69, 9.17) is 15.9 Å². The summed E-state index contributed by atoms with van der Waals surface area (Å²) in [5, 5.41) is 17.7. The average Bonchev–Trinajstić information content (AvgIpc) is 2.87. The van der Waals surface area contributed by atoms with E-state index >= 15 is 0 Å². The molecule has 1 unspecified atom stereocenters. The van der Waals surface area contributed by atoms with Gasteiger partial charge in [-0.25, -0.2) is 4.63 Å². The van der Waals surface area contributed by atoms with Crippen LogP contribution in [-0.4, -0.2) is 35.4 Å². The van der Waals surface area contributed by atoms with E-state index in [1.807, 2.05) is 0 Å². The molecule has 0 radical (unpaired) electrons. The lowest BCUT2D eigenvalue weighted by Crippen LogP contribution is -2.27. The fourth-order valence-corrected chi connectivity index (χ4v) is 1.68. The lowest BCUT2D eigenvalue weighted by Gasteiger charge is -2.09. The summed E-state index contributed by atoms with van der Waals surface area (Å²) in [4.78, 5) is 0. The summed E-state index contributed by atoms with van der Waals surface area (Å²) < 4.78 is 10.00. The average molecular weight is 225 g/mol. The number of ether oxygens (including phenoxy) is 1. The van der Waals surface area contributed by atoms with Crippen molar-refractivity contribution in [2.24, 2.45) is 5.73 Å². The molecular formula is C9H15N5O2. The first-order valence-electron chi connectivity index (χ1n) is 5.25. The van der Waals surface area contributed by atoms with Crippen molar-refractivity contribution in [2.75, 3.05) is 13.2 Å². The number of nitrogen functional groups attached to an aromatic ring is 1. The number of hydrogen-bond donors (Lipinski definition) is 3. The van der Waals surface area contributed by atoms with Crippen LogP contribution in [-0.2, 0) is 11.3 Å². The molecule has 2 heterocycles. The maximum atomic E-state index is 7.26. The van der Waals surface area contributed by atoms with Crippen LogP contribution in [0.25, 0.3) is 0 Å². The Kier molecular flexibility index (Phi) is 3.47. The van der Waals surface area contributed by atoms with E-state index in [1.54, 1.807) is 0 Å². The highest BCUT2D eigenvalue weighted by Gasteiger charge is 2.16. The zero-order valence-corrected chi connectivity index (χ0v) is 8.90. The predicted molar refractivity (Wildman–Crippen MR) is 56.0 cm³/mol. The van der Waals surface area contributed by atoms with Gasteiger partial charge in [-0.15, -0.1) is 0 Å². The van der Waals surface area contributed by atoms with Gasteiger partial charge >= 0.3 is 0 Å². The molecule has 0 aliphatic carbocycles. The molecular weight excluding hydrogens is 210 g/mol. The van der Waals surface area contributed by atoms with E-state index in [0.29, 0.717) is 17.9 Å². The van der Waals surface area contributed by atoms with Crippen LogP contribution in [0.1, 0.15) is 24.2 Å². The van der Waals surface area contributed by atoms with E-state index in [2.05, 4.69) is 20.3 Å². The summed E-state index contributed by atoms with van der Waals surface area (Å²) in [7, 11) is 0. The van der Waals surface area contributed by atoms with Gasteiger partial charge in [-0.2, -0.15) is 0 Å². The summed E-state index contributed by atoms with van der Waals surface area (Å²) in [5.74, 6) is -0.129. The first kappa shape index (κ1) is 11.0. The molecule has 0 amide bonds. The summed E-state index contributed by atoms with van der Waals surface area (Å²) in [6.45, 7) is 2.10. The number of hydrogen-bond acceptors (Lipinski definition) is 6. The van der Waals surface area contributed by atoms with Crippen molar-refractivity contribution in [1.29, 1.82) is 5.41 Å². The molecule has 1 saturated heterocycles. The SMILES string of the molecule is N=C(N)c1nonc1CNCC1CCCO1. The molecule has 0 saturated carbocycles. The van der Waals surface area contributed by atoms with Gasteiger partial charge in [-0.05, 0) is 18.0 Å². The monoisotopic (exact) mass is 225 g/mol. The molecule has 0 bridgehead atoms. The fourth-order valence-electron chi connectivity index (χ4n) is 1.68. The summed E-state index contributed by atoms with van der Waals surface area (Å²) in [5.41, 5.74) is 6.19. The normalized spacial score (nSPS) is 20.1. The fraction of sp³-hybridized carbons (Fsp3) is 0.667. The Hall–Kier alpha value is -1.47. The van der Waals surface area contributed by atoms with Crippen LogP contribution in [0.4, 0.5) is 0 Å². The van der Waals surface area contributed by atoms with Gasteiger partial charge < -0.3 is 15.8 Å². The van der Waals surface area contributed by atoms with Crippen molar-refractivity contribution < 1.29 is 9.37 Å². The van der Waals surface area contributed by atoms with Gasteiger partial charge in [-0.3, -0.25) is 5.41 Å². The van der Waals surface area contributed by atoms with Gasteiger partial charge in [0.05, 0.1) is 6.10 Å². The summed E-state index contributed by atoms with van der Waals surface area (Å²) >= 11 is 0. The first-order valence-corrected chi connectivity index (χ1v) is 5.25. The summed E-state index contributed by atoms with van der Waals surface area (Å²) in [6, 6.07) is 0. The van der Waals surface area contributed by atoms with Gasteiger partial charge in [0, 0.05) is 19.7 Å². The van der Waals surface area contributed by atoms with Crippen LogP contribution in [0.5, 0.6) is 0 Å². The quantitative estimate of drug-likeness (QED) is 0.465.